The molecule has 3 nitrogen and oxygen atoms in total. The summed E-state index contributed by atoms with van der Waals surface area (Å²) < 4.78 is 0.955. The molecule has 0 saturated carbocycles. The number of aryl methyl sites for hydroxylation is 1. The summed E-state index contributed by atoms with van der Waals surface area (Å²) in [5.41, 5.74) is 2.65. The summed E-state index contributed by atoms with van der Waals surface area (Å²) in [6.07, 6.45) is 0.731. The van der Waals surface area contributed by atoms with E-state index in [4.69, 9.17) is 12.2 Å². The van der Waals surface area contributed by atoms with Crippen molar-refractivity contribution in [2.45, 2.75) is 18.8 Å². The summed E-state index contributed by atoms with van der Waals surface area (Å²) in [5.74, 6) is 0.821. The molecule has 1 atom stereocenters. The fraction of sp³-hybridized carbons (Fsp3) is 0.391. The summed E-state index contributed by atoms with van der Waals surface area (Å²) in [5, 5.41) is 10.3. The molecule has 0 bridgehead atoms. The molecule has 1 aliphatic rings. The Bertz CT molecular complexity index is 821. The van der Waals surface area contributed by atoms with Crippen LogP contribution in [0.3, 0.4) is 0 Å². The van der Waals surface area contributed by atoms with Gasteiger partial charge >= 0.3 is 0 Å². The largest absolute Gasteiger partial charge is 0.355 e. The summed E-state index contributed by atoms with van der Waals surface area (Å²) in [6, 6.07) is 21.2. The number of benzene rings is 2. The standard InChI is InChI=1S/C23H27N3S2/c1-19-8-10-21(11-9-19)23(18-24,20-6-4-3-5-7-20)12-17-28-22(27)26-15-13-25(2)14-16-26/h3-11H,12-17H2,1-2H3. The molecule has 0 aromatic heterocycles. The maximum Gasteiger partial charge on any atom is 0.136 e. The summed E-state index contributed by atoms with van der Waals surface area (Å²) in [4.78, 5) is 4.62. The number of piperazine rings is 1. The Morgan fingerprint density at radius 3 is 2.25 bits per heavy atom. The predicted molar refractivity (Wildman–Crippen MR) is 123 cm³/mol. The second-order valence-electron chi connectivity index (χ2n) is 7.40. The van der Waals surface area contributed by atoms with Crippen LogP contribution in [0, 0.1) is 18.3 Å². The van der Waals surface area contributed by atoms with E-state index < -0.39 is 5.41 Å². The molecule has 0 spiro atoms. The van der Waals surface area contributed by atoms with Crippen LogP contribution in [0.1, 0.15) is 23.1 Å². The molecule has 1 fully saturated rings. The average molecular weight is 410 g/mol. The highest BCUT2D eigenvalue weighted by molar-refractivity contribution is 8.22. The molecule has 2 aromatic carbocycles. The first-order valence-electron chi connectivity index (χ1n) is 9.69. The van der Waals surface area contributed by atoms with Crippen molar-refractivity contribution in [3.63, 3.8) is 0 Å². The molecular weight excluding hydrogens is 382 g/mol. The van der Waals surface area contributed by atoms with Crippen LogP contribution in [0.5, 0.6) is 0 Å². The van der Waals surface area contributed by atoms with Crippen LogP contribution in [-0.4, -0.2) is 53.1 Å². The number of hydrogen-bond acceptors (Lipinski definition) is 4. The van der Waals surface area contributed by atoms with Crippen molar-refractivity contribution in [2.75, 3.05) is 39.0 Å². The Morgan fingerprint density at radius 2 is 1.64 bits per heavy atom. The summed E-state index contributed by atoms with van der Waals surface area (Å²) in [7, 11) is 2.15. The number of rotatable bonds is 5. The third-order valence-electron chi connectivity index (χ3n) is 5.47. The third kappa shape index (κ3) is 4.75. The lowest BCUT2D eigenvalue weighted by Gasteiger charge is -2.34. The van der Waals surface area contributed by atoms with Gasteiger partial charge in [0.25, 0.3) is 0 Å². The fourth-order valence-corrected chi connectivity index (χ4v) is 4.95. The number of likely N-dealkylation sites (N-methyl/N-ethyl adjacent to an activating group) is 1. The van der Waals surface area contributed by atoms with E-state index in [1.54, 1.807) is 11.8 Å². The second kappa shape index (κ2) is 9.56. The SMILES string of the molecule is Cc1ccc(C(C#N)(CCSC(=S)N2CCN(C)CC2)c2ccccc2)cc1. The van der Waals surface area contributed by atoms with Crippen LogP contribution >= 0.6 is 24.0 Å². The highest BCUT2D eigenvalue weighted by Gasteiger charge is 2.34. The van der Waals surface area contributed by atoms with Gasteiger partial charge in [-0.3, -0.25) is 0 Å². The molecule has 1 saturated heterocycles. The van der Waals surface area contributed by atoms with Gasteiger partial charge in [0, 0.05) is 31.9 Å². The van der Waals surface area contributed by atoms with Crippen molar-refractivity contribution in [1.29, 1.82) is 5.26 Å². The van der Waals surface area contributed by atoms with Crippen molar-refractivity contribution in [1.82, 2.24) is 9.80 Å². The molecule has 0 radical (unpaired) electrons. The van der Waals surface area contributed by atoms with E-state index in [1.165, 1.54) is 5.56 Å². The predicted octanol–water partition coefficient (Wildman–Crippen LogP) is 4.46. The molecule has 146 valence electrons. The molecule has 5 heteroatoms. The minimum Gasteiger partial charge on any atom is -0.355 e. The zero-order valence-corrected chi connectivity index (χ0v) is 18.2. The highest BCUT2D eigenvalue weighted by Crippen LogP contribution is 2.36. The number of hydrogen-bond donors (Lipinski definition) is 0. The Labute approximate surface area is 178 Å². The minimum atomic E-state index is -0.653. The number of nitriles is 1. The van der Waals surface area contributed by atoms with Crippen molar-refractivity contribution in [3.8, 4) is 6.07 Å². The first kappa shape index (κ1) is 20.9. The van der Waals surface area contributed by atoms with Crippen LogP contribution in [0.4, 0.5) is 0 Å². The van der Waals surface area contributed by atoms with Gasteiger partial charge in [0.2, 0.25) is 0 Å². The van der Waals surface area contributed by atoms with Crippen molar-refractivity contribution in [2.24, 2.45) is 0 Å². The van der Waals surface area contributed by atoms with E-state index in [0.717, 1.165) is 53.8 Å². The van der Waals surface area contributed by atoms with Crippen molar-refractivity contribution >= 4 is 28.3 Å². The maximum atomic E-state index is 10.3. The monoisotopic (exact) mass is 409 g/mol. The number of nitrogens with zero attached hydrogens (tertiary/aromatic N) is 3. The Morgan fingerprint density at radius 1 is 1.04 bits per heavy atom. The molecule has 0 aliphatic carbocycles. The third-order valence-corrected chi connectivity index (χ3v) is 6.99. The van der Waals surface area contributed by atoms with Crippen LogP contribution in [0.2, 0.25) is 0 Å². The van der Waals surface area contributed by atoms with E-state index >= 15 is 0 Å². The van der Waals surface area contributed by atoms with Gasteiger partial charge in [-0.2, -0.15) is 5.26 Å². The molecule has 1 heterocycles. The number of thioether (sulfide) groups is 1. The van der Waals surface area contributed by atoms with Gasteiger partial charge < -0.3 is 9.80 Å². The molecule has 0 N–H and O–H groups in total. The first-order chi connectivity index (χ1) is 13.5. The van der Waals surface area contributed by atoms with Crippen LogP contribution in [0.25, 0.3) is 0 Å². The van der Waals surface area contributed by atoms with Gasteiger partial charge in [-0.05, 0) is 31.5 Å². The summed E-state index contributed by atoms with van der Waals surface area (Å²) >= 11 is 7.38. The lowest BCUT2D eigenvalue weighted by atomic mass is 9.73. The van der Waals surface area contributed by atoms with E-state index in [9.17, 15) is 5.26 Å². The van der Waals surface area contributed by atoms with Gasteiger partial charge in [-0.15, -0.1) is 0 Å². The second-order valence-corrected chi connectivity index (χ2v) is 9.13. The Kier molecular flexibility index (Phi) is 7.12. The van der Waals surface area contributed by atoms with Gasteiger partial charge in [0.05, 0.1) is 6.07 Å². The van der Waals surface area contributed by atoms with Crippen LogP contribution in [0.15, 0.2) is 54.6 Å². The smallest absolute Gasteiger partial charge is 0.136 e. The zero-order chi connectivity index (χ0) is 20.0. The molecule has 1 unspecified atom stereocenters. The van der Waals surface area contributed by atoms with Gasteiger partial charge in [0.15, 0.2) is 0 Å². The highest BCUT2D eigenvalue weighted by atomic mass is 32.2. The van der Waals surface area contributed by atoms with Gasteiger partial charge in [-0.1, -0.05) is 84.1 Å². The fourth-order valence-electron chi connectivity index (χ4n) is 3.57. The van der Waals surface area contributed by atoms with E-state index in [-0.39, 0.29) is 0 Å². The normalized spacial score (nSPS) is 17.0. The zero-order valence-electron chi connectivity index (χ0n) is 16.6. The van der Waals surface area contributed by atoms with Crippen molar-refractivity contribution < 1.29 is 0 Å². The topological polar surface area (TPSA) is 30.3 Å². The molecule has 28 heavy (non-hydrogen) atoms. The minimum absolute atomic E-state index is 0.653. The molecule has 2 aromatic rings. The van der Waals surface area contributed by atoms with E-state index in [2.05, 4.69) is 66.2 Å². The lowest BCUT2D eigenvalue weighted by Crippen LogP contribution is -2.45. The molecule has 3 rings (SSSR count). The van der Waals surface area contributed by atoms with E-state index in [1.807, 2.05) is 18.2 Å². The van der Waals surface area contributed by atoms with Crippen LogP contribution in [-0.2, 0) is 5.41 Å². The Hall–Kier alpha value is -1.87. The average Bonchev–Trinajstić information content (AvgIpc) is 2.73. The molecule has 1 aliphatic heterocycles. The van der Waals surface area contributed by atoms with E-state index in [0.29, 0.717) is 0 Å². The van der Waals surface area contributed by atoms with Gasteiger partial charge in [-0.25, -0.2) is 0 Å². The Balaban J connectivity index is 1.76. The number of thiocarbonyl (C=S) groups is 1. The van der Waals surface area contributed by atoms with Gasteiger partial charge in [0.1, 0.15) is 9.74 Å². The quantitative estimate of drug-likeness (QED) is 0.681. The lowest BCUT2D eigenvalue weighted by molar-refractivity contribution is 0.220. The summed E-state index contributed by atoms with van der Waals surface area (Å²) in [6.45, 7) is 6.15. The maximum absolute atomic E-state index is 10.3. The van der Waals surface area contributed by atoms with Crippen LogP contribution < -0.4 is 0 Å². The molecular formula is C23H27N3S2. The van der Waals surface area contributed by atoms with Crippen molar-refractivity contribution in [3.05, 3.63) is 71.3 Å². The first-order valence-corrected chi connectivity index (χ1v) is 11.1. The molecule has 0 amide bonds.